The zero-order chi connectivity index (χ0) is 12.4. The second-order valence-corrected chi connectivity index (χ2v) is 9.62. The third kappa shape index (κ3) is 4.74. The van der Waals surface area contributed by atoms with Gasteiger partial charge in [-0.2, -0.15) is 0 Å². The summed E-state index contributed by atoms with van der Waals surface area (Å²) in [5, 5.41) is 0. The fourth-order valence-electron chi connectivity index (χ4n) is 1.20. The first-order chi connectivity index (χ1) is 8.06. The van der Waals surface area contributed by atoms with Crippen LogP contribution in [-0.4, -0.2) is 0 Å². The summed E-state index contributed by atoms with van der Waals surface area (Å²) in [7, 11) is 0. The van der Waals surface area contributed by atoms with E-state index >= 15 is 0 Å². The lowest BCUT2D eigenvalue weighted by molar-refractivity contribution is -0.599. The zero-order valence-corrected chi connectivity index (χ0v) is 18.0. The van der Waals surface area contributed by atoms with Gasteiger partial charge in [-0.3, -0.25) is 0 Å². The van der Waals surface area contributed by atoms with E-state index in [-0.39, 0.29) is 33.6 Å². The molecule has 0 N–H and O–H groups in total. The van der Waals surface area contributed by atoms with Gasteiger partial charge < -0.3 is 12.4 Å². The van der Waals surface area contributed by atoms with Crippen LogP contribution in [0, 0.1) is 7.14 Å². The van der Waals surface area contributed by atoms with Crippen LogP contribution >= 0.6 is 63.7 Å². The van der Waals surface area contributed by atoms with Crippen LogP contribution < -0.4 is 33.6 Å². The van der Waals surface area contributed by atoms with Crippen molar-refractivity contribution >= 4 is 63.7 Å². The van der Waals surface area contributed by atoms with Crippen LogP contribution in [0.15, 0.2) is 54.3 Å². The molecule has 2 rings (SSSR count). The van der Waals surface area contributed by atoms with Gasteiger partial charge in [-0.05, 0) is 68.3 Å². The zero-order valence-electron chi connectivity index (χ0n) is 8.73. The van der Waals surface area contributed by atoms with Crippen molar-refractivity contribution < 1.29 is 33.6 Å². The first kappa shape index (κ1) is 17.4. The number of halogens is 6. The van der Waals surface area contributed by atoms with E-state index in [0.717, 1.165) is 8.95 Å². The van der Waals surface area contributed by atoms with Gasteiger partial charge in [-0.15, -0.1) is 0 Å². The van der Waals surface area contributed by atoms with E-state index in [0.29, 0.717) is 0 Å². The van der Waals surface area contributed by atoms with Crippen molar-refractivity contribution in [2.45, 2.75) is 0 Å². The fraction of sp³-hybridized carbons (Fsp3) is 0. The minimum absolute atomic E-state index is 0. The maximum Gasteiger partial charge on any atom is 0.360 e. The maximum atomic E-state index is 3.62. The molecule has 0 bridgehead atoms. The van der Waals surface area contributed by atoms with Crippen LogP contribution in [0.4, 0.5) is 0 Å². The predicted octanol–water partition coefficient (Wildman–Crippen LogP) is -0.131. The molecule has 0 saturated heterocycles. The Bertz CT molecular complexity index is 510. The van der Waals surface area contributed by atoms with Crippen LogP contribution in [0.3, 0.4) is 0 Å². The Balaban J connectivity index is 0.00000162. The molecule has 0 saturated carbocycles. The van der Waals surface area contributed by atoms with E-state index in [1.54, 1.807) is 0 Å². The van der Waals surface area contributed by atoms with Crippen molar-refractivity contribution in [2.24, 2.45) is 0 Å². The number of hydrogen-bond donors (Lipinski definition) is 0. The van der Waals surface area contributed by atoms with Crippen molar-refractivity contribution in [3.63, 3.8) is 0 Å². The van der Waals surface area contributed by atoms with Gasteiger partial charge in [0.25, 0.3) is 0 Å². The lowest BCUT2D eigenvalue weighted by atomic mass is 10.4. The quantitative estimate of drug-likeness (QED) is 0.320. The van der Waals surface area contributed by atoms with Crippen molar-refractivity contribution in [3.05, 3.63) is 61.4 Å². The lowest BCUT2D eigenvalue weighted by Crippen LogP contribution is -3.61. The first-order valence-corrected chi connectivity index (χ1v) is 9.94. The molecule has 0 nitrogen and oxygen atoms in total. The fourth-order valence-corrected chi connectivity index (χ4v) is 6.48. The topological polar surface area (TPSA) is 0 Å². The molecule has 2 aromatic carbocycles. The largest absolute Gasteiger partial charge is 1.00 e. The average Bonchev–Trinajstić information content (AvgIpc) is 2.25. The van der Waals surface area contributed by atoms with Gasteiger partial charge in [0, 0.05) is 8.95 Å². The third-order valence-corrected chi connectivity index (χ3v) is 8.79. The van der Waals surface area contributed by atoms with Gasteiger partial charge in [0.2, 0.25) is 7.14 Å². The summed E-state index contributed by atoms with van der Waals surface area (Å²) in [6.07, 6.45) is 0. The van der Waals surface area contributed by atoms with Gasteiger partial charge in [0.15, 0.2) is 0 Å². The highest BCUT2D eigenvalue weighted by molar-refractivity contribution is 9.11. The van der Waals surface area contributed by atoms with Crippen molar-refractivity contribution in [1.29, 1.82) is 0 Å². The molecule has 0 unspecified atom stereocenters. The Hall–Kier alpha value is 1.38. The van der Waals surface area contributed by atoms with Crippen LogP contribution in [0.1, 0.15) is 0 Å². The number of benzene rings is 2. The maximum absolute atomic E-state index is 3.62. The number of hydrogen-bond acceptors (Lipinski definition) is 0. The van der Waals surface area contributed by atoms with Gasteiger partial charge >= 0.3 is 21.2 Å². The van der Waals surface area contributed by atoms with Crippen molar-refractivity contribution in [1.82, 2.24) is 0 Å². The lowest BCUT2D eigenvalue weighted by Gasteiger charge is -1.95. The second-order valence-electron chi connectivity index (χ2n) is 3.21. The van der Waals surface area contributed by atoms with Crippen LogP contribution in [0.5, 0.6) is 0 Å². The molecule has 0 aromatic heterocycles. The van der Waals surface area contributed by atoms with E-state index in [1.807, 2.05) is 0 Å². The Morgan fingerprint density at radius 1 is 0.667 bits per heavy atom. The van der Waals surface area contributed by atoms with Crippen LogP contribution in [-0.2, 0) is 0 Å². The Labute approximate surface area is 156 Å². The summed E-state index contributed by atoms with van der Waals surface area (Å²) >= 11 is 14.0. The molecule has 18 heavy (non-hydrogen) atoms. The minimum atomic E-state index is -0.176. The molecule has 6 heteroatoms. The van der Waals surface area contributed by atoms with Crippen molar-refractivity contribution in [2.75, 3.05) is 0 Å². The number of rotatable bonds is 2. The van der Waals surface area contributed by atoms with E-state index in [4.69, 9.17) is 0 Å². The third-order valence-electron chi connectivity index (χ3n) is 1.97. The van der Waals surface area contributed by atoms with E-state index < -0.39 is 0 Å². The summed E-state index contributed by atoms with van der Waals surface area (Å²) < 4.78 is 7.33. The highest BCUT2D eigenvalue weighted by Gasteiger charge is 2.22. The summed E-state index contributed by atoms with van der Waals surface area (Å²) in [6, 6.07) is 12.7. The van der Waals surface area contributed by atoms with Crippen LogP contribution in [0.2, 0.25) is 0 Å². The SMILES string of the molecule is Brc1ccc([I+]c2ccc(Br)cc2Br)c(Br)c1.[Cl-]. The summed E-state index contributed by atoms with van der Waals surface area (Å²) in [5.41, 5.74) is 0. The molecule has 0 heterocycles. The molecular formula is C12H6Br4ClI. The van der Waals surface area contributed by atoms with Crippen molar-refractivity contribution in [3.8, 4) is 0 Å². The van der Waals surface area contributed by atoms with Gasteiger partial charge in [-0.25, -0.2) is 0 Å². The highest BCUT2D eigenvalue weighted by atomic mass is 127. The first-order valence-electron chi connectivity index (χ1n) is 4.61. The molecule has 2 aromatic rings. The van der Waals surface area contributed by atoms with E-state index in [9.17, 15) is 0 Å². The molecule has 0 aliphatic rings. The molecule has 0 spiro atoms. The van der Waals surface area contributed by atoms with Gasteiger partial charge in [0.1, 0.15) is 0 Å². The highest BCUT2D eigenvalue weighted by Crippen LogP contribution is 2.18. The second kappa shape index (κ2) is 7.98. The molecule has 0 fully saturated rings. The van der Waals surface area contributed by atoms with E-state index in [2.05, 4.69) is 100 Å². The van der Waals surface area contributed by atoms with Gasteiger partial charge in [0.05, 0.1) is 8.95 Å². The Morgan fingerprint density at radius 3 is 1.39 bits per heavy atom. The molecule has 0 aliphatic carbocycles. The van der Waals surface area contributed by atoms with Gasteiger partial charge in [-0.1, -0.05) is 31.9 Å². The minimum Gasteiger partial charge on any atom is -1.00 e. The molecule has 0 amide bonds. The Kier molecular flexibility index (Phi) is 7.73. The average molecular weight is 632 g/mol. The predicted molar refractivity (Wildman–Crippen MR) is 81.1 cm³/mol. The van der Waals surface area contributed by atoms with Crippen LogP contribution in [0.25, 0.3) is 0 Å². The smallest absolute Gasteiger partial charge is 0.360 e. The summed E-state index contributed by atoms with van der Waals surface area (Å²) in [6.45, 7) is 0. The summed E-state index contributed by atoms with van der Waals surface area (Å²) in [4.78, 5) is 0. The Morgan fingerprint density at radius 2 is 1.06 bits per heavy atom. The van der Waals surface area contributed by atoms with E-state index in [1.165, 1.54) is 16.1 Å². The molecule has 96 valence electrons. The summed E-state index contributed by atoms with van der Waals surface area (Å²) in [5.74, 6) is 0. The molecular weight excluding hydrogens is 626 g/mol. The monoisotopic (exact) mass is 628 g/mol. The molecule has 0 aliphatic heterocycles. The molecule has 0 atom stereocenters. The standard InChI is InChI=1S/C12H6Br4I.ClH/c13-7-1-3-11(9(15)5-7)17-12-4-2-8(14)6-10(12)16;/h1-6H;1H/q+1;/p-1. The normalized spacial score (nSPS) is 10.0. The molecule has 0 radical (unpaired) electrons.